The summed E-state index contributed by atoms with van der Waals surface area (Å²) in [4.78, 5) is 12.7. The molecule has 0 spiro atoms. The lowest BCUT2D eigenvalue weighted by molar-refractivity contribution is -0.885. The van der Waals surface area contributed by atoms with E-state index in [1.165, 1.54) is 0 Å². The van der Waals surface area contributed by atoms with E-state index < -0.39 is 29.0 Å². The van der Waals surface area contributed by atoms with Crippen LogP contribution >= 0.6 is 23.2 Å². The Hall–Kier alpha value is -1.76. The van der Waals surface area contributed by atoms with Gasteiger partial charge in [-0.1, -0.05) is 29.3 Å². The summed E-state index contributed by atoms with van der Waals surface area (Å²) < 4.78 is 39.6. The van der Waals surface area contributed by atoms with Gasteiger partial charge in [-0.2, -0.15) is 0 Å². The van der Waals surface area contributed by atoms with Gasteiger partial charge in [-0.15, -0.1) is 0 Å². The van der Waals surface area contributed by atoms with E-state index in [0.717, 1.165) is 17.0 Å². The molecule has 0 heterocycles. The number of likely N-dealkylation sites (N-methyl/N-ethyl adjacent to an activating group) is 1. The van der Waals surface area contributed by atoms with Crippen molar-refractivity contribution in [1.82, 2.24) is 0 Å². The van der Waals surface area contributed by atoms with Crippen molar-refractivity contribution in [3.63, 3.8) is 0 Å². The van der Waals surface area contributed by atoms with Gasteiger partial charge >= 0.3 is 0 Å². The molecule has 2 rings (SSSR count). The standard InChI is InChI=1S/C16H13Cl2F3N2O/c1-23(7-9-10(17)3-2-4-11(9)18)8-14(24)22-13-6-5-12(19)15(20)16(13)21/h2-6H,7-8H2,1H3,(H,22,24)/p+1. The number of hydrogen-bond acceptors (Lipinski definition) is 1. The van der Waals surface area contributed by atoms with E-state index >= 15 is 0 Å². The number of benzene rings is 2. The molecule has 1 amide bonds. The Kier molecular flexibility index (Phi) is 6.10. The third-order valence-electron chi connectivity index (χ3n) is 3.31. The van der Waals surface area contributed by atoms with Gasteiger partial charge in [-0.05, 0) is 24.3 Å². The van der Waals surface area contributed by atoms with Crippen molar-refractivity contribution in [3.8, 4) is 0 Å². The van der Waals surface area contributed by atoms with Gasteiger partial charge in [0.15, 0.2) is 24.0 Å². The fourth-order valence-electron chi connectivity index (χ4n) is 2.16. The van der Waals surface area contributed by atoms with Crippen molar-refractivity contribution in [2.24, 2.45) is 0 Å². The maximum absolute atomic E-state index is 13.5. The molecule has 2 N–H and O–H groups in total. The Morgan fingerprint density at radius 2 is 1.71 bits per heavy atom. The zero-order valence-electron chi connectivity index (χ0n) is 12.6. The third kappa shape index (κ3) is 4.41. The van der Waals surface area contributed by atoms with Crippen LogP contribution in [0, 0.1) is 17.5 Å². The van der Waals surface area contributed by atoms with E-state index in [0.29, 0.717) is 22.2 Å². The third-order valence-corrected chi connectivity index (χ3v) is 4.02. The molecule has 0 aliphatic carbocycles. The minimum atomic E-state index is -1.63. The molecule has 1 unspecified atom stereocenters. The van der Waals surface area contributed by atoms with Crippen LogP contribution in [0.2, 0.25) is 10.0 Å². The highest BCUT2D eigenvalue weighted by Crippen LogP contribution is 2.23. The summed E-state index contributed by atoms with van der Waals surface area (Å²) in [6.07, 6.45) is 0. The van der Waals surface area contributed by atoms with Crippen LogP contribution < -0.4 is 10.2 Å². The Morgan fingerprint density at radius 3 is 2.33 bits per heavy atom. The first-order valence-corrected chi connectivity index (χ1v) is 7.72. The number of carbonyl (C=O) groups excluding carboxylic acids is 1. The van der Waals surface area contributed by atoms with Crippen molar-refractivity contribution >= 4 is 34.8 Å². The molecule has 0 saturated carbocycles. The van der Waals surface area contributed by atoms with Gasteiger partial charge in [0, 0.05) is 5.56 Å². The molecule has 0 aliphatic rings. The van der Waals surface area contributed by atoms with E-state index in [-0.39, 0.29) is 6.54 Å². The molecule has 0 aliphatic heterocycles. The SMILES string of the molecule is C[NH+](CC(=O)Nc1ccc(F)c(F)c1F)Cc1c(Cl)cccc1Cl. The fourth-order valence-corrected chi connectivity index (χ4v) is 2.69. The van der Waals surface area contributed by atoms with Gasteiger partial charge in [-0.25, -0.2) is 13.2 Å². The molecule has 24 heavy (non-hydrogen) atoms. The van der Waals surface area contributed by atoms with E-state index in [1.807, 2.05) is 0 Å². The van der Waals surface area contributed by atoms with E-state index in [9.17, 15) is 18.0 Å². The lowest BCUT2D eigenvalue weighted by Crippen LogP contribution is -3.08. The lowest BCUT2D eigenvalue weighted by atomic mass is 10.2. The van der Waals surface area contributed by atoms with Crippen LogP contribution in [0.1, 0.15) is 5.56 Å². The second-order valence-electron chi connectivity index (χ2n) is 5.28. The van der Waals surface area contributed by atoms with E-state index in [1.54, 1.807) is 25.2 Å². The normalized spacial score (nSPS) is 12.1. The second-order valence-corrected chi connectivity index (χ2v) is 6.10. The monoisotopic (exact) mass is 377 g/mol. The van der Waals surface area contributed by atoms with Crippen LogP contribution in [0.25, 0.3) is 0 Å². The zero-order chi connectivity index (χ0) is 17.9. The molecule has 2 aromatic rings. The second kappa shape index (κ2) is 7.88. The number of amides is 1. The highest BCUT2D eigenvalue weighted by molar-refractivity contribution is 6.35. The molecule has 3 nitrogen and oxygen atoms in total. The van der Waals surface area contributed by atoms with Gasteiger partial charge in [0.2, 0.25) is 0 Å². The number of rotatable bonds is 5. The quantitative estimate of drug-likeness (QED) is 0.771. The van der Waals surface area contributed by atoms with Gasteiger partial charge in [0.25, 0.3) is 5.91 Å². The maximum atomic E-state index is 13.5. The van der Waals surface area contributed by atoms with Crippen LogP contribution in [-0.2, 0) is 11.3 Å². The van der Waals surface area contributed by atoms with Crippen LogP contribution in [0.4, 0.5) is 18.9 Å². The molecule has 128 valence electrons. The summed E-state index contributed by atoms with van der Waals surface area (Å²) in [5.41, 5.74) is 0.271. The van der Waals surface area contributed by atoms with Crippen molar-refractivity contribution in [3.05, 3.63) is 63.4 Å². The molecule has 8 heteroatoms. The summed E-state index contributed by atoms with van der Waals surface area (Å²) in [6, 6.07) is 6.79. The van der Waals surface area contributed by atoms with Crippen LogP contribution in [0.5, 0.6) is 0 Å². The molecular weight excluding hydrogens is 364 g/mol. The van der Waals surface area contributed by atoms with Crippen LogP contribution in [0.15, 0.2) is 30.3 Å². The predicted octanol–water partition coefficient (Wildman–Crippen LogP) is 3.06. The summed E-state index contributed by atoms with van der Waals surface area (Å²) in [5.74, 6) is -4.94. The molecule has 0 bridgehead atoms. The summed E-state index contributed by atoms with van der Waals surface area (Å²) >= 11 is 12.1. The molecule has 1 atom stereocenters. The molecule has 0 saturated heterocycles. The molecule has 2 aromatic carbocycles. The Morgan fingerprint density at radius 1 is 1.08 bits per heavy atom. The summed E-state index contributed by atoms with van der Waals surface area (Å²) in [5, 5.41) is 3.18. The molecule has 0 aromatic heterocycles. The first-order chi connectivity index (χ1) is 11.3. The number of carbonyl (C=O) groups is 1. The van der Waals surface area contributed by atoms with E-state index in [4.69, 9.17) is 23.2 Å². The number of halogens is 5. The fraction of sp³-hybridized carbons (Fsp3) is 0.188. The van der Waals surface area contributed by atoms with Gasteiger partial charge in [0.1, 0.15) is 6.54 Å². The minimum Gasteiger partial charge on any atom is -0.326 e. The van der Waals surface area contributed by atoms with Gasteiger partial charge < -0.3 is 10.2 Å². The van der Waals surface area contributed by atoms with Gasteiger partial charge in [-0.3, -0.25) is 4.79 Å². The average Bonchev–Trinajstić information content (AvgIpc) is 2.51. The van der Waals surface area contributed by atoms with Crippen molar-refractivity contribution in [2.45, 2.75) is 6.54 Å². The predicted molar refractivity (Wildman–Crippen MR) is 86.9 cm³/mol. The number of quaternary nitrogens is 1. The van der Waals surface area contributed by atoms with Crippen molar-refractivity contribution in [2.75, 3.05) is 18.9 Å². The number of hydrogen-bond donors (Lipinski definition) is 2. The summed E-state index contributed by atoms with van der Waals surface area (Å²) in [6.45, 7) is 0.326. The smallest absolute Gasteiger partial charge is 0.279 e. The number of anilines is 1. The summed E-state index contributed by atoms with van der Waals surface area (Å²) in [7, 11) is 1.72. The highest BCUT2D eigenvalue weighted by Gasteiger charge is 2.18. The largest absolute Gasteiger partial charge is 0.326 e. The maximum Gasteiger partial charge on any atom is 0.279 e. The lowest BCUT2D eigenvalue weighted by Gasteiger charge is -2.16. The number of nitrogens with one attached hydrogen (secondary N) is 2. The van der Waals surface area contributed by atoms with Crippen molar-refractivity contribution in [1.29, 1.82) is 0 Å². The zero-order valence-corrected chi connectivity index (χ0v) is 14.1. The average molecular weight is 378 g/mol. The highest BCUT2D eigenvalue weighted by atomic mass is 35.5. The van der Waals surface area contributed by atoms with Gasteiger partial charge in [0.05, 0.1) is 22.8 Å². The molecule has 0 fully saturated rings. The molecule has 0 radical (unpaired) electrons. The minimum absolute atomic E-state index is 0.0417. The Balaban J connectivity index is 2.01. The molecular formula is C16H14Cl2F3N2O+. The van der Waals surface area contributed by atoms with E-state index in [2.05, 4.69) is 5.32 Å². The first kappa shape index (κ1) is 18.6. The topological polar surface area (TPSA) is 33.5 Å². The van der Waals surface area contributed by atoms with Crippen LogP contribution in [0.3, 0.4) is 0 Å². The Labute approximate surface area is 147 Å². The van der Waals surface area contributed by atoms with Crippen molar-refractivity contribution < 1.29 is 22.9 Å². The van der Waals surface area contributed by atoms with Crippen LogP contribution in [-0.4, -0.2) is 19.5 Å². The Bertz CT molecular complexity index is 751. The first-order valence-electron chi connectivity index (χ1n) is 6.97.